The van der Waals surface area contributed by atoms with Crippen molar-refractivity contribution in [3.05, 3.63) is 10.6 Å². The molecule has 0 aliphatic carbocycles. The third kappa shape index (κ3) is 66.3. The Balaban J connectivity index is -0.000000177. The van der Waals surface area contributed by atoms with Gasteiger partial charge in [0.1, 0.15) is 0 Å². The van der Waals surface area contributed by atoms with Gasteiger partial charge in [-0.15, -0.1) is 26.2 Å². The summed E-state index contributed by atoms with van der Waals surface area (Å²) in [5, 5.41) is 17.5. The van der Waals surface area contributed by atoms with Gasteiger partial charge in [0.2, 0.25) is 0 Å². The molecule has 0 unspecified atom stereocenters. The van der Waals surface area contributed by atoms with Gasteiger partial charge in [-0.3, -0.25) is 0 Å². The van der Waals surface area contributed by atoms with Gasteiger partial charge in [0.25, 0.3) is 0 Å². The number of rotatable bonds is 32. The van der Waals surface area contributed by atoms with Crippen molar-refractivity contribution in [2.45, 2.75) is 214 Å². The Morgan fingerprint density at radius 1 is 0.302 bits per heavy atom. The molecule has 0 aromatic heterocycles. The number of hydrogen-bond acceptors (Lipinski definition) is 1. The number of hydrogen-bond donors (Lipinski definition) is 1. The maximum Gasteiger partial charge on any atom is 3.00 e. The van der Waals surface area contributed by atoms with Crippen LogP contribution in [0, 0.1) is 0 Å². The number of halogens is 1. The third-order valence-electron chi connectivity index (χ3n) is 7.69. The first kappa shape index (κ1) is 53.4. The Labute approximate surface area is 295 Å². The molecule has 261 valence electrons. The molecule has 0 saturated heterocycles. The predicted octanol–water partition coefficient (Wildman–Crippen LogP) is 10.7. The van der Waals surface area contributed by atoms with Crippen LogP contribution in [0.25, 0.3) is 10.6 Å². The summed E-state index contributed by atoms with van der Waals surface area (Å²) in [5.41, 5.74) is 0. The van der Waals surface area contributed by atoms with E-state index < -0.39 is 0 Å². The minimum Gasteiger partial charge on any atom is -1.00 e. The average Bonchev–Trinajstić information content (AvgIpc) is 2.99. The molecule has 0 aromatic carbocycles. The summed E-state index contributed by atoms with van der Waals surface area (Å²) in [6.45, 7) is 16.1. The normalized spacial score (nSPS) is 10.2. The van der Waals surface area contributed by atoms with Crippen molar-refractivity contribution in [1.29, 1.82) is 0 Å². The van der Waals surface area contributed by atoms with E-state index in [2.05, 4.69) is 45.3 Å². The van der Waals surface area contributed by atoms with E-state index in [0.717, 1.165) is 32.6 Å². The Kier molecular flexibility index (Phi) is 72.5. The third-order valence-corrected chi connectivity index (χ3v) is 7.69. The number of nitrogens with zero attached hydrogens (tertiary/aromatic N) is 2. The van der Waals surface area contributed by atoms with E-state index in [0.29, 0.717) is 6.61 Å². The van der Waals surface area contributed by atoms with Crippen molar-refractivity contribution in [3.8, 4) is 0 Å². The second-order valence-corrected chi connectivity index (χ2v) is 12.2. The largest absolute Gasteiger partial charge is 3.00 e. The van der Waals surface area contributed by atoms with E-state index in [-0.39, 0.29) is 34.1 Å². The minimum atomic E-state index is 0. The van der Waals surface area contributed by atoms with Crippen LogP contribution in [0.3, 0.4) is 0 Å². The molecule has 0 amide bonds. The molecule has 0 aliphatic rings. The fourth-order valence-corrected chi connectivity index (χ4v) is 4.78. The molecular weight excluding hydrogens is 584 g/mol. The maximum atomic E-state index is 8.29. The summed E-state index contributed by atoms with van der Waals surface area (Å²) >= 11 is 0. The fraction of sp³-hybridized carbons (Fsp3) is 1.00. The molecule has 0 bridgehead atoms. The molecule has 0 spiro atoms. The molecule has 43 heavy (non-hydrogen) atoms. The molecule has 3 nitrogen and oxygen atoms in total. The van der Waals surface area contributed by atoms with Crippen LogP contribution in [0.15, 0.2) is 0 Å². The molecule has 0 heterocycles. The Morgan fingerprint density at radius 2 is 0.488 bits per heavy atom. The summed E-state index contributed by atoms with van der Waals surface area (Å²) in [6.07, 6.45) is 37.9. The van der Waals surface area contributed by atoms with Crippen molar-refractivity contribution in [1.82, 2.24) is 0 Å². The summed E-state index contributed by atoms with van der Waals surface area (Å²) in [6, 6.07) is 0. The van der Waals surface area contributed by atoms with Crippen LogP contribution in [0.4, 0.5) is 0 Å². The smallest absolute Gasteiger partial charge is 1.00 e. The SMILES string of the molecule is CCCCCCCC[N-]CCCCCCCC.CCCCCCCC[N-]CCCCCCCC.CCCCCCO.[Cl-].[Ti+3]. The molecule has 0 saturated carbocycles. The van der Waals surface area contributed by atoms with Gasteiger partial charge in [-0.25, -0.2) is 0 Å². The van der Waals surface area contributed by atoms with E-state index in [1.807, 2.05) is 0 Å². The molecule has 0 aromatic rings. The van der Waals surface area contributed by atoms with Gasteiger partial charge < -0.3 is 28.1 Å². The van der Waals surface area contributed by atoms with Crippen LogP contribution in [0.1, 0.15) is 214 Å². The number of aliphatic hydroxyl groups excluding tert-OH is 1. The first-order valence-corrected chi connectivity index (χ1v) is 19.1. The Hall–Kier alpha value is 0.884. The summed E-state index contributed by atoms with van der Waals surface area (Å²) < 4.78 is 0. The zero-order valence-electron chi connectivity index (χ0n) is 30.6. The first-order chi connectivity index (χ1) is 20.2. The fourth-order valence-electron chi connectivity index (χ4n) is 4.78. The van der Waals surface area contributed by atoms with Crippen molar-refractivity contribution in [2.24, 2.45) is 0 Å². The molecule has 0 aliphatic heterocycles. The van der Waals surface area contributed by atoms with Crippen LogP contribution in [-0.2, 0) is 21.7 Å². The molecule has 0 rings (SSSR count). The second kappa shape index (κ2) is 58.4. The zero-order chi connectivity index (χ0) is 30.7. The number of aliphatic hydroxyl groups is 1. The van der Waals surface area contributed by atoms with Gasteiger partial charge in [-0.2, -0.15) is 0 Å². The van der Waals surface area contributed by atoms with Crippen molar-refractivity contribution >= 4 is 0 Å². The van der Waals surface area contributed by atoms with E-state index in [1.165, 1.54) is 173 Å². The van der Waals surface area contributed by atoms with Gasteiger partial charge in [0, 0.05) is 6.61 Å². The second-order valence-electron chi connectivity index (χ2n) is 12.2. The van der Waals surface area contributed by atoms with E-state index in [4.69, 9.17) is 5.11 Å². The van der Waals surface area contributed by atoms with Gasteiger partial charge >= 0.3 is 21.7 Å². The minimum absolute atomic E-state index is 0. The van der Waals surface area contributed by atoms with Gasteiger partial charge in [0.05, 0.1) is 0 Å². The van der Waals surface area contributed by atoms with E-state index in [1.54, 1.807) is 0 Å². The summed E-state index contributed by atoms with van der Waals surface area (Å²) in [5.74, 6) is 0. The van der Waals surface area contributed by atoms with Crippen molar-refractivity contribution in [3.63, 3.8) is 0 Å². The van der Waals surface area contributed by atoms with E-state index in [9.17, 15) is 0 Å². The predicted molar refractivity (Wildman–Crippen MR) is 191 cm³/mol. The van der Waals surface area contributed by atoms with Crippen molar-refractivity contribution < 1.29 is 39.2 Å². The van der Waals surface area contributed by atoms with Gasteiger partial charge in [-0.1, -0.05) is 208 Å². The van der Waals surface area contributed by atoms with Crippen LogP contribution in [-0.4, -0.2) is 37.9 Å². The molecule has 1 N–H and O–H groups in total. The molecule has 1 radical (unpaired) electrons. The summed E-state index contributed by atoms with van der Waals surface area (Å²) in [4.78, 5) is 0. The van der Waals surface area contributed by atoms with Crippen LogP contribution in [0.5, 0.6) is 0 Å². The van der Waals surface area contributed by atoms with Gasteiger partial charge in [-0.05, 0) is 6.42 Å². The topological polar surface area (TPSA) is 48.4 Å². The summed E-state index contributed by atoms with van der Waals surface area (Å²) in [7, 11) is 0. The van der Waals surface area contributed by atoms with Crippen LogP contribution >= 0.6 is 0 Å². The first-order valence-electron chi connectivity index (χ1n) is 19.1. The molecule has 0 fully saturated rings. The van der Waals surface area contributed by atoms with Crippen LogP contribution < -0.4 is 12.4 Å². The molecule has 5 heteroatoms. The zero-order valence-corrected chi connectivity index (χ0v) is 32.9. The Morgan fingerprint density at radius 3 is 0.698 bits per heavy atom. The van der Waals surface area contributed by atoms with Gasteiger partial charge in [0.15, 0.2) is 0 Å². The number of unbranched alkanes of at least 4 members (excludes halogenated alkanes) is 23. The van der Waals surface area contributed by atoms with Crippen LogP contribution in [0.2, 0.25) is 0 Å². The standard InChI is InChI=1S/2C16H34N.C6H14O.ClH.Ti/c2*1-3-5-7-9-11-13-15-17-16-14-12-10-8-6-4-2;1-2-3-4-5-6-7;;/h2*3-16H2,1-2H3;7H,2-6H2,1H3;1H;/q2*-1;;;+3/p-1. The average molecular weight is 666 g/mol. The molecule has 0 atom stereocenters. The molecular formula is C38H82ClN2OTi. The quantitative estimate of drug-likeness (QED) is 0.0564. The maximum absolute atomic E-state index is 8.29. The van der Waals surface area contributed by atoms with Crippen molar-refractivity contribution in [2.75, 3.05) is 32.8 Å². The Bertz CT molecular complexity index is 329. The monoisotopic (exact) mass is 666 g/mol. The van der Waals surface area contributed by atoms with E-state index >= 15 is 0 Å².